The Morgan fingerprint density at radius 3 is 2.54 bits per heavy atom. The summed E-state index contributed by atoms with van der Waals surface area (Å²) in [6.45, 7) is 2.56. The molecule has 2 aliphatic heterocycles. The molecule has 2 amide bonds. The van der Waals surface area contributed by atoms with Crippen molar-refractivity contribution in [1.82, 2.24) is 15.4 Å². The Hall–Kier alpha value is -3.11. The number of rotatable bonds is 11. The van der Waals surface area contributed by atoms with Crippen LogP contribution >= 0.6 is 0 Å². The van der Waals surface area contributed by atoms with Crippen LogP contribution in [0, 0.1) is 0 Å². The van der Waals surface area contributed by atoms with E-state index in [9.17, 15) is 9.59 Å². The fourth-order valence-corrected chi connectivity index (χ4v) is 4.34. The van der Waals surface area contributed by atoms with Crippen molar-refractivity contribution >= 4 is 11.8 Å². The number of carbonyl (C=O) groups is 2. The summed E-state index contributed by atoms with van der Waals surface area (Å²) in [4.78, 5) is 27.4. The number of carbonyl (C=O) groups excluding carboxylic acids is 2. The molecule has 0 radical (unpaired) electrons. The molecule has 2 aliphatic rings. The smallest absolute Gasteiger partial charge is 0.276 e. The van der Waals surface area contributed by atoms with E-state index in [4.69, 9.17) is 23.5 Å². The molecule has 1 aromatic heterocycles. The van der Waals surface area contributed by atoms with E-state index in [2.05, 4.69) is 10.5 Å². The summed E-state index contributed by atoms with van der Waals surface area (Å²) in [6, 6.07) is 6.88. The molecule has 3 heterocycles. The molecule has 2 saturated heterocycles. The lowest BCUT2D eigenvalue weighted by Gasteiger charge is -2.24. The number of hydrogen-bond acceptors (Lipinski definition) is 8. The molecule has 2 atom stereocenters. The van der Waals surface area contributed by atoms with Crippen LogP contribution in [0.25, 0.3) is 11.3 Å². The predicted molar refractivity (Wildman–Crippen MR) is 127 cm³/mol. The maximum Gasteiger partial charge on any atom is 0.276 e. The van der Waals surface area contributed by atoms with Crippen LogP contribution in [0.15, 0.2) is 28.8 Å². The van der Waals surface area contributed by atoms with Gasteiger partial charge in [0.15, 0.2) is 11.5 Å². The monoisotopic (exact) mass is 487 g/mol. The summed E-state index contributed by atoms with van der Waals surface area (Å²) in [6.07, 6.45) is 4.00. The van der Waals surface area contributed by atoms with E-state index in [0.29, 0.717) is 42.5 Å². The minimum atomic E-state index is -0.315. The minimum Gasteiger partial charge on any atom is -0.497 e. The molecular weight excluding hydrogens is 454 g/mol. The summed E-state index contributed by atoms with van der Waals surface area (Å²) >= 11 is 0. The van der Waals surface area contributed by atoms with Crippen molar-refractivity contribution in [3.8, 4) is 22.8 Å². The first kappa shape index (κ1) is 25.0. The van der Waals surface area contributed by atoms with E-state index >= 15 is 0 Å². The van der Waals surface area contributed by atoms with Gasteiger partial charge in [-0.2, -0.15) is 0 Å². The first-order chi connectivity index (χ1) is 17.1. The van der Waals surface area contributed by atoms with E-state index in [1.54, 1.807) is 43.4 Å². The van der Waals surface area contributed by atoms with Gasteiger partial charge in [0.2, 0.25) is 5.91 Å². The highest BCUT2D eigenvalue weighted by Gasteiger charge is 2.27. The Bertz CT molecular complexity index is 997. The van der Waals surface area contributed by atoms with Crippen molar-refractivity contribution < 1.29 is 33.1 Å². The van der Waals surface area contributed by atoms with E-state index in [0.717, 1.165) is 32.3 Å². The number of methoxy groups -OCH3 is 2. The number of aromatic nitrogens is 1. The number of nitrogens with one attached hydrogen (secondary N) is 1. The zero-order valence-electron chi connectivity index (χ0n) is 20.3. The topological polar surface area (TPSA) is 112 Å². The first-order valence-corrected chi connectivity index (χ1v) is 12.1. The van der Waals surface area contributed by atoms with Crippen molar-refractivity contribution in [2.75, 3.05) is 47.1 Å². The van der Waals surface area contributed by atoms with Gasteiger partial charge in [0.05, 0.1) is 32.0 Å². The molecule has 1 aromatic carbocycles. The third-order valence-electron chi connectivity index (χ3n) is 6.30. The Morgan fingerprint density at radius 1 is 1.09 bits per heavy atom. The van der Waals surface area contributed by atoms with Crippen LogP contribution in [-0.2, 0) is 14.3 Å². The minimum absolute atomic E-state index is 0.0567. The van der Waals surface area contributed by atoms with Gasteiger partial charge in [0.25, 0.3) is 5.91 Å². The standard InChI is InChI=1S/C25H33N3O7/c1-31-17-7-8-22(32-2)20(13-17)23-14-21(27-35-23)25(30)28(16-19-6-4-12-34-19)10-9-24(29)26-15-18-5-3-11-33-18/h7-8,13-14,18-19H,3-6,9-12,15-16H2,1-2H3,(H,26,29). The number of nitrogens with zero attached hydrogens (tertiary/aromatic N) is 2. The fraction of sp³-hybridized carbons (Fsp3) is 0.560. The molecule has 0 bridgehead atoms. The number of ether oxygens (including phenoxy) is 4. The second-order valence-electron chi connectivity index (χ2n) is 8.72. The summed E-state index contributed by atoms with van der Waals surface area (Å²) in [5.41, 5.74) is 0.778. The molecule has 2 unspecified atom stereocenters. The molecule has 1 N–H and O–H groups in total. The van der Waals surface area contributed by atoms with Crippen LogP contribution in [0.2, 0.25) is 0 Å². The molecule has 0 spiro atoms. The lowest BCUT2D eigenvalue weighted by Crippen LogP contribution is -2.40. The summed E-state index contributed by atoms with van der Waals surface area (Å²) in [5.74, 6) is 1.14. The SMILES string of the molecule is COc1ccc(OC)c(-c2cc(C(=O)N(CCC(=O)NCC3CCCO3)CC3CCCO3)no2)c1. The second-order valence-corrected chi connectivity index (χ2v) is 8.72. The van der Waals surface area contributed by atoms with Gasteiger partial charge >= 0.3 is 0 Å². The van der Waals surface area contributed by atoms with E-state index < -0.39 is 0 Å². The first-order valence-electron chi connectivity index (χ1n) is 12.1. The third-order valence-corrected chi connectivity index (χ3v) is 6.30. The van der Waals surface area contributed by atoms with Gasteiger partial charge in [-0.25, -0.2) is 0 Å². The number of amides is 2. The summed E-state index contributed by atoms with van der Waals surface area (Å²) in [5, 5.41) is 6.92. The van der Waals surface area contributed by atoms with Crippen molar-refractivity contribution in [1.29, 1.82) is 0 Å². The highest BCUT2D eigenvalue weighted by molar-refractivity contribution is 5.93. The van der Waals surface area contributed by atoms with Gasteiger partial charge in [0, 0.05) is 45.3 Å². The van der Waals surface area contributed by atoms with E-state index in [-0.39, 0.29) is 42.7 Å². The lowest BCUT2D eigenvalue weighted by molar-refractivity contribution is -0.121. The van der Waals surface area contributed by atoms with Crippen molar-refractivity contribution in [3.63, 3.8) is 0 Å². The Labute approximate surface area is 204 Å². The molecule has 0 aliphatic carbocycles. The average molecular weight is 488 g/mol. The quantitative estimate of drug-likeness (QED) is 0.515. The Kier molecular flexibility index (Phi) is 8.59. The molecular formula is C25H33N3O7. The van der Waals surface area contributed by atoms with Gasteiger partial charge in [-0.15, -0.1) is 0 Å². The van der Waals surface area contributed by atoms with E-state index in [1.807, 2.05) is 0 Å². The molecule has 35 heavy (non-hydrogen) atoms. The second kappa shape index (κ2) is 12.0. The average Bonchev–Trinajstić information content (AvgIpc) is 3.67. The molecule has 2 fully saturated rings. The Balaban J connectivity index is 1.44. The van der Waals surface area contributed by atoms with Gasteiger partial charge < -0.3 is 33.7 Å². The third kappa shape index (κ3) is 6.52. The van der Waals surface area contributed by atoms with Crippen LogP contribution in [0.1, 0.15) is 42.6 Å². The number of hydrogen-bond donors (Lipinski definition) is 1. The van der Waals surface area contributed by atoms with Crippen LogP contribution in [-0.4, -0.2) is 81.1 Å². The van der Waals surface area contributed by atoms with Crippen molar-refractivity contribution in [2.24, 2.45) is 0 Å². The van der Waals surface area contributed by atoms with Gasteiger partial charge in [-0.1, -0.05) is 5.16 Å². The van der Waals surface area contributed by atoms with Gasteiger partial charge in [-0.3, -0.25) is 9.59 Å². The van der Waals surface area contributed by atoms with Crippen LogP contribution in [0.4, 0.5) is 0 Å². The van der Waals surface area contributed by atoms with Crippen molar-refractivity contribution in [2.45, 2.75) is 44.3 Å². The Morgan fingerprint density at radius 2 is 1.86 bits per heavy atom. The summed E-state index contributed by atoms with van der Waals surface area (Å²) < 4.78 is 27.5. The van der Waals surface area contributed by atoms with Crippen LogP contribution in [0.5, 0.6) is 11.5 Å². The zero-order valence-corrected chi connectivity index (χ0v) is 20.3. The van der Waals surface area contributed by atoms with Gasteiger partial charge in [0.1, 0.15) is 11.5 Å². The molecule has 10 heteroatoms. The van der Waals surface area contributed by atoms with Crippen LogP contribution < -0.4 is 14.8 Å². The predicted octanol–water partition coefficient (Wildman–Crippen LogP) is 2.67. The number of benzene rings is 1. The fourth-order valence-electron chi connectivity index (χ4n) is 4.34. The van der Waals surface area contributed by atoms with Gasteiger partial charge in [-0.05, 0) is 43.9 Å². The van der Waals surface area contributed by atoms with E-state index in [1.165, 1.54) is 0 Å². The highest BCUT2D eigenvalue weighted by atomic mass is 16.5. The largest absolute Gasteiger partial charge is 0.497 e. The van der Waals surface area contributed by atoms with Crippen molar-refractivity contribution in [3.05, 3.63) is 30.0 Å². The molecule has 4 rings (SSSR count). The zero-order chi connectivity index (χ0) is 24.6. The maximum absolute atomic E-state index is 13.4. The highest BCUT2D eigenvalue weighted by Crippen LogP contribution is 2.34. The molecule has 190 valence electrons. The molecule has 2 aromatic rings. The normalized spacial score (nSPS) is 19.5. The van der Waals surface area contributed by atoms with Crippen LogP contribution in [0.3, 0.4) is 0 Å². The maximum atomic E-state index is 13.4. The molecule has 10 nitrogen and oxygen atoms in total. The molecule has 0 saturated carbocycles. The summed E-state index contributed by atoms with van der Waals surface area (Å²) in [7, 11) is 3.13. The lowest BCUT2D eigenvalue weighted by atomic mass is 10.1.